The quantitative estimate of drug-likeness (QED) is 0.263. The van der Waals surface area contributed by atoms with Gasteiger partial charge in [0.15, 0.2) is 5.76 Å². The number of benzene rings is 2. The molecule has 0 aliphatic rings. The van der Waals surface area contributed by atoms with E-state index in [1.54, 1.807) is 18.2 Å². The number of carbonyl (C=O) groups excluding carboxylic acids is 1. The molecule has 0 saturated heterocycles. The predicted octanol–water partition coefficient (Wildman–Crippen LogP) is 5.04. The topological polar surface area (TPSA) is 99.1 Å². The molecule has 2 aromatic carbocycles. The summed E-state index contributed by atoms with van der Waals surface area (Å²) in [6.07, 6.45) is 0.337. The zero-order valence-corrected chi connectivity index (χ0v) is 17.3. The number of nitroso groups, excluding NO2 is 1. The van der Waals surface area contributed by atoms with Crippen molar-refractivity contribution in [1.82, 2.24) is 0 Å². The monoisotopic (exact) mass is 447 g/mol. The van der Waals surface area contributed by atoms with Gasteiger partial charge in [0.2, 0.25) is 16.9 Å². The minimum absolute atomic E-state index is 0.0329. The molecule has 0 saturated carbocycles. The van der Waals surface area contributed by atoms with Crippen molar-refractivity contribution in [1.29, 1.82) is 0 Å². The smallest absolute Gasteiger partial charge is 0.267 e. The Hall–Kier alpha value is -4.33. The molecule has 33 heavy (non-hydrogen) atoms. The maximum atomic E-state index is 13.1. The lowest BCUT2D eigenvalue weighted by Crippen LogP contribution is -2.15. The van der Waals surface area contributed by atoms with Crippen molar-refractivity contribution in [3.63, 3.8) is 0 Å². The second-order valence-electron chi connectivity index (χ2n) is 7.20. The summed E-state index contributed by atoms with van der Waals surface area (Å²) >= 11 is 0. The highest BCUT2D eigenvalue weighted by Crippen LogP contribution is 2.23. The van der Waals surface area contributed by atoms with Crippen LogP contribution in [0, 0.1) is 10.7 Å². The van der Waals surface area contributed by atoms with Crippen molar-refractivity contribution in [2.24, 2.45) is 5.18 Å². The minimum atomic E-state index is -0.715. The second kappa shape index (κ2) is 9.86. The molecule has 0 spiro atoms. The van der Waals surface area contributed by atoms with E-state index in [-0.39, 0.29) is 35.5 Å². The van der Waals surface area contributed by atoms with E-state index in [4.69, 9.17) is 13.6 Å². The molecule has 0 N–H and O–H groups in total. The third-order valence-corrected chi connectivity index (χ3v) is 4.78. The Kier molecular flexibility index (Phi) is 6.54. The Morgan fingerprint density at radius 2 is 1.67 bits per heavy atom. The van der Waals surface area contributed by atoms with Crippen LogP contribution in [0.4, 0.5) is 4.39 Å². The maximum Gasteiger partial charge on any atom is 0.267 e. The number of ether oxygens (including phenoxy) is 1. The number of furan rings is 1. The number of halogens is 1. The lowest BCUT2D eigenvalue weighted by molar-refractivity contribution is 0.0968. The molecule has 0 amide bonds. The number of hydrogen-bond donors (Lipinski definition) is 0. The highest BCUT2D eigenvalue weighted by atomic mass is 19.1. The number of nitrogens with zero attached hydrogens (tertiary/aromatic N) is 1. The fourth-order valence-corrected chi connectivity index (χ4v) is 3.20. The summed E-state index contributed by atoms with van der Waals surface area (Å²) in [5.41, 5.74) is 0.966. The number of carbonyl (C=O) groups is 1. The van der Waals surface area contributed by atoms with Gasteiger partial charge >= 0.3 is 0 Å². The molecule has 0 bridgehead atoms. The van der Waals surface area contributed by atoms with Crippen molar-refractivity contribution in [2.75, 3.05) is 0 Å². The van der Waals surface area contributed by atoms with Gasteiger partial charge < -0.3 is 13.6 Å². The van der Waals surface area contributed by atoms with Crippen molar-refractivity contribution >= 4 is 5.78 Å². The van der Waals surface area contributed by atoms with Gasteiger partial charge in [0.05, 0.1) is 0 Å². The van der Waals surface area contributed by atoms with E-state index in [0.717, 1.165) is 17.2 Å². The van der Waals surface area contributed by atoms with Gasteiger partial charge in [-0.15, -0.1) is 0 Å². The van der Waals surface area contributed by atoms with Gasteiger partial charge in [0.1, 0.15) is 30.5 Å². The van der Waals surface area contributed by atoms with E-state index in [9.17, 15) is 18.9 Å². The summed E-state index contributed by atoms with van der Waals surface area (Å²) < 4.78 is 29.9. The highest BCUT2D eigenvalue weighted by molar-refractivity contribution is 6.06. The van der Waals surface area contributed by atoms with Crippen molar-refractivity contribution in [3.8, 4) is 5.75 Å². The fraction of sp³-hybridized carbons (Fsp3) is 0.120. The van der Waals surface area contributed by atoms with Crippen LogP contribution >= 0.6 is 0 Å². The van der Waals surface area contributed by atoms with E-state index in [1.807, 2.05) is 30.3 Å². The van der Waals surface area contributed by atoms with Gasteiger partial charge in [-0.1, -0.05) is 47.6 Å². The fourth-order valence-electron chi connectivity index (χ4n) is 3.20. The van der Waals surface area contributed by atoms with Crippen LogP contribution in [0.25, 0.3) is 0 Å². The molecule has 2 aromatic heterocycles. The van der Waals surface area contributed by atoms with Crippen LogP contribution in [0.1, 0.15) is 39.0 Å². The van der Waals surface area contributed by atoms with Gasteiger partial charge in [-0.2, -0.15) is 4.91 Å². The average Bonchev–Trinajstić information content (AvgIpc) is 3.28. The van der Waals surface area contributed by atoms with Gasteiger partial charge in [-0.3, -0.25) is 9.59 Å². The third-order valence-electron chi connectivity index (χ3n) is 4.78. The Bertz CT molecular complexity index is 1330. The van der Waals surface area contributed by atoms with E-state index in [0.29, 0.717) is 12.2 Å². The molecule has 4 rings (SSSR count). The molecule has 2 heterocycles. The second-order valence-corrected chi connectivity index (χ2v) is 7.20. The molecule has 8 heteroatoms. The molecular weight excluding hydrogens is 429 g/mol. The van der Waals surface area contributed by atoms with Crippen LogP contribution < -0.4 is 10.2 Å². The largest absolute Gasteiger partial charge is 0.481 e. The molecule has 166 valence electrons. The Morgan fingerprint density at radius 3 is 2.39 bits per heavy atom. The summed E-state index contributed by atoms with van der Waals surface area (Å²) in [6.45, 7) is -0.381. The molecular formula is C25H18FNO6. The van der Waals surface area contributed by atoms with Crippen molar-refractivity contribution in [3.05, 3.63) is 128 Å². The van der Waals surface area contributed by atoms with Crippen LogP contribution in [0.2, 0.25) is 0 Å². The highest BCUT2D eigenvalue weighted by Gasteiger charge is 2.25. The van der Waals surface area contributed by atoms with E-state index in [2.05, 4.69) is 5.18 Å². The van der Waals surface area contributed by atoms with Gasteiger partial charge in [0, 0.05) is 12.5 Å². The maximum absolute atomic E-state index is 13.1. The number of ketones is 1. The molecule has 0 unspecified atom stereocenters. The van der Waals surface area contributed by atoms with E-state index < -0.39 is 17.8 Å². The van der Waals surface area contributed by atoms with Crippen LogP contribution in [0.3, 0.4) is 0 Å². The normalized spacial score (nSPS) is 10.7. The number of rotatable bonds is 9. The first-order chi connectivity index (χ1) is 16.0. The predicted molar refractivity (Wildman–Crippen MR) is 117 cm³/mol. The molecule has 0 aliphatic carbocycles. The lowest BCUT2D eigenvalue weighted by Gasteiger charge is -2.10. The first-order valence-electron chi connectivity index (χ1n) is 10.0. The molecule has 0 atom stereocenters. The minimum Gasteiger partial charge on any atom is -0.481 e. The van der Waals surface area contributed by atoms with Crippen molar-refractivity contribution in [2.45, 2.75) is 19.6 Å². The summed E-state index contributed by atoms with van der Waals surface area (Å²) in [5.74, 6) is -1.40. The Morgan fingerprint density at radius 1 is 0.909 bits per heavy atom. The molecule has 0 radical (unpaired) electrons. The van der Waals surface area contributed by atoms with Gasteiger partial charge in [0.25, 0.3) is 5.78 Å². The van der Waals surface area contributed by atoms with E-state index in [1.165, 1.54) is 18.2 Å². The summed E-state index contributed by atoms with van der Waals surface area (Å²) in [7, 11) is 0. The van der Waals surface area contributed by atoms with Gasteiger partial charge in [-0.25, -0.2) is 4.39 Å². The van der Waals surface area contributed by atoms with Crippen molar-refractivity contribution < 1.29 is 22.8 Å². The Labute approximate surface area is 187 Å². The standard InChI is InChI=1S/C25H18FNO6/c26-18-8-6-16(7-9-18)12-19-10-11-22(32-19)23(29)25-24(21(28)13-20(33-25)14-27-30)31-15-17-4-2-1-3-5-17/h1-11,13H,12,14-15H2. The average molecular weight is 447 g/mol. The summed E-state index contributed by atoms with van der Waals surface area (Å²) in [5, 5.41) is 2.72. The summed E-state index contributed by atoms with van der Waals surface area (Å²) in [4.78, 5) is 36.4. The SMILES string of the molecule is O=NCc1cc(=O)c(OCc2ccccc2)c(C(=O)c2ccc(Cc3ccc(F)cc3)o2)o1. The van der Waals surface area contributed by atoms with Crippen LogP contribution in [-0.4, -0.2) is 5.78 Å². The van der Waals surface area contributed by atoms with Crippen LogP contribution in [0.15, 0.2) is 91.6 Å². The third kappa shape index (κ3) is 5.30. The van der Waals surface area contributed by atoms with Crippen LogP contribution in [0.5, 0.6) is 5.75 Å². The molecule has 0 aliphatic heterocycles. The first-order valence-corrected chi connectivity index (χ1v) is 10.0. The molecule has 7 nitrogen and oxygen atoms in total. The van der Waals surface area contributed by atoms with Crippen LogP contribution in [-0.2, 0) is 19.6 Å². The Balaban J connectivity index is 1.62. The van der Waals surface area contributed by atoms with E-state index >= 15 is 0 Å². The van der Waals surface area contributed by atoms with Gasteiger partial charge in [-0.05, 0) is 35.4 Å². The summed E-state index contributed by atoms with van der Waals surface area (Å²) in [6, 6.07) is 19.1. The molecule has 4 aromatic rings. The zero-order chi connectivity index (χ0) is 23.2. The first kappa shape index (κ1) is 21.9. The number of hydrogen-bond acceptors (Lipinski definition) is 7. The molecule has 0 fully saturated rings. The zero-order valence-electron chi connectivity index (χ0n) is 17.3. The lowest BCUT2D eigenvalue weighted by atomic mass is 10.1.